The molecule has 0 saturated carbocycles. The van der Waals surface area contributed by atoms with E-state index in [1.807, 2.05) is 26.0 Å². The van der Waals surface area contributed by atoms with Gasteiger partial charge >= 0.3 is 0 Å². The third kappa shape index (κ3) is 3.67. The lowest BCUT2D eigenvalue weighted by molar-refractivity contribution is 0.473. The highest BCUT2D eigenvalue weighted by Crippen LogP contribution is 2.34. The maximum atomic E-state index is 10.1. The summed E-state index contributed by atoms with van der Waals surface area (Å²) in [7, 11) is 0. The molecule has 0 aromatic heterocycles. The summed E-state index contributed by atoms with van der Waals surface area (Å²) in [4.78, 5) is 4.35. The summed E-state index contributed by atoms with van der Waals surface area (Å²) in [5.74, 6) is 0.226. The molecule has 0 spiro atoms. The maximum Gasteiger partial charge on any atom is 0.141 e. The summed E-state index contributed by atoms with van der Waals surface area (Å²) in [5.41, 5.74) is 3.64. The number of aliphatic imine (C=N–C) groups is 1. The van der Waals surface area contributed by atoms with Crippen LogP contribution in [0.25, 0.3) is 0 Å². The van der Waals surface area contributed by atoms with Crippen molar-refractivity contribution >= 4 is 23.5 Å². The molecule has 122 valence electrons. The molecule has 2 aromatic carbocycles. The number of aromatic hydroxyl groups is 2. The molecule has 2 aromatic rings. The van der Waals surface area contributed by atoms with Crippen LogP contribution in [0, 0.1) is 13.8 Å². The fourth-order valence-electron chi connectivity index (χ4n) is 2.34. The van der Waals surface area contributed by atoms with Gasteiger partial charge in [0.05, 0.1) is 0 Å². The lowest BCUT2D eigenvalue weighted by Gasteiger charge is -2.19. The van der Waals surface area contributed by atoms with Crippen LogP contribution in [0.2, 0.25) is 5.02 Å². The van der Waals surface area contributed by atoms with E-state index >= 15 is 0 Å². The fraction of sp³-hybridized carbons (Fsp3) is 0.316. The van der Waals surface area contributed by atoms with Gasteiger partial charge in [0.2, 0.25) is 0 Å². The number of hydrogen-bond donors (Lipinski definition) is 2. The number of phenolic OH excluding ortho intramolecular Hbond substituents is 2. The Bertz CT molecular complexity index is 774. The van der Waals surface area contributed by atoms with Gasteiger partial charge in [0.1, 0.15) is 17.2 Å². The smallest absolute Gasteiger partial charge is 0.141 e. The van der Waals surface area contributed by atoms with Crippen LogP contribution in [-0.2, 0) is 5.41 Å². The van der Waals surface area contributed by atoms with E-state index in [4.69, 9.17) is 11.6 Å². The molecular weight excluding hydrogens is 310 g/mol. The lowest BCUT2D eigenvalue weighted by Crippen LogP contribution is -2.10. The van der Waals surface area contributed by atoms with Crippen LogP contribution >= 0.6 is 11.6 Å². The summed E-state index contributed by atoms with van der Waals surface area (Å²) in [6, 6.07) is 7.00. The average molecular weight is 332 g/mol. The number of nitrogens with zero attached hydrogens (tertiary/aromatic N) is 1. The van der Waals surface area contributed by atoms with Crippen molar-refractivity contribution in [3.05, 3.63) is 51.5 Å². The Kier molecular flexibility index (Phi) is 4.71. The number of phenols is 2. The zero-order valence-electron chi connectivity index (χ0n) is 14.1. The van der Waals surface area contributed by atoms with Crippen molar-refractivity contribution < 1.29 is 10.2 Å². The van der Waals surface area contributed by atoms with E-state index in [-0.39, 0.29) is 16.9 Å². The highest BCUT2D eigenvalue weighted by Gasteiger charge is 2.15. The minimum atomic E-state index is -0.0385. The first kappa shape index (κ1) is 17.4. The molecule has 0 radical (unpaired) electrons. The molecule has 0 amide bonds. The molecule has 0 saturated heterocycles. The van der Waals surface area contributed by atoms with Crippen LogP contribution in [0.15, 0.2) is 29.3 Å². The van der Waals surface area contributed by atoms with Crippen molar-refractivity contribution in [1.29, 1.82) is 0 Å². The highest BCUT2D eigenvalue weighted by atomic mass is 35.5. The molecule has 0 heterocycles. The summed E-state index contributed by atoms with van der Waals surface area (Å²) >= 11 is 6.23. The molecule has 0 bridgehead atoms. The maximum absolute atomic E-state index is 10.1. The Labute approximate surface area is 142 Å². The van der Waals surface area contributed by atoms with Gasteiger partial charge in [-0.3, -0.25) is 4.99 Å². The van der Waals surface area contributed by atoms with E-state index in [1.54, 1.807) is 12.1 Å². The summed E-state index contributed by atoms with van der Waals surface area (Å²) < 4.78 is 0. The largest absolute Gasteiger partial charge is 0.507 e. The van der Waals surface area contributed by atoms with E-state index < -0.39 is 0 Å². The second-order valence-corrected chi connectivity index (χ2v) is 7.15. The van der Waals surface area contributed by atoms with Crippen molar-refractivity contribution in [3.8, 4) is 11.5 Å². The standard InChI is InChI=1S/C19H22ClNO2/c1-11-8-17(23)14(12(2)18(11)20)10-21-15-9-13(19(3,4)5)6-7-16(15)22/h6-10,22-23H,1-5H3. The van der Waals surface area contributed by atoms with Gasteiger partial charge in [-0.15, -0.1) is 0 Å². The normalized spacial score (nSPS) is 12.1. The predicted molar refractivity (Wildman–Crippen MR) is 96.7 cm³/mol. The number of rotatable bonds is 2. The first-order chi connectivity index (χ1) is 10.6. The van der Waals surface area contributed by atoms with Gasteiger partial charge in [-0.05, 0) is 54.2 Å². The Morgan fingerprint density at radius 2 is 1.70 bits per heavy atom. The van der Waals surface area contributed by atoms with Gasteiger partial charge in [0.25, 0.3) is 0 Å². The van der Waals surface area contributed by atoms with Gasteiger partial charge in [-0.25, -0.2) is 0 Å². The van der Waals surface area contributed by atoms with Crippen LogP contribution in [0.5, 0.6) is 11.5 Å². The Morgan fingerprint density at radius 3 is 2.30 bits per heavy atom. The zero-order valence-corrected chi connectivity index (χ0v) is 14.9. The summed E-state index contributed by atoms with van der Waals surface area (Å²) in [6.07, 6.45) is 1.54. The van der Waals surface area contributed by atoms with E-state index in [0.29, 0.717) is 16.3 Å². The molecule has 0 aliphatic rings. The second-order valence-electron chi connectivity index (χ2n) is 6.78. The lowest BCUT2D eigenvalue weighted by atomic mass is 9.87. The monoisotopic (exact) mass is 331 g/mol. The minimum absolute atomic E-state index is 0.0385. The molecule has 23 heavy (non-hydrogen) atoms. The predicted octanol–water partition coefficient (Wildman–Crippen LogP) is 5.42. The van der Waals surface area contributed by atoms with Gasteiger partial charge in [-0.1, -0.05) is 38.4 Å². The summed E-state index contributed by atoms with van der Waals surface area (Å²) in [5, 5.41) is 20.7. The third-order valence-corrected chi connectivity index (χ3v) is 4.46. The van der Waals surface area contributed by atoms with Crippen molar-refractivity contribution in [2.45, 2.75) is 40.0 Å². The van der Waals surface area contributed by atoms with Crippen molar-refractivity contribution in [1.82, 2.24) is 0 Å². The third-order valence-electron chi connectivity index (χ3n) is 3.88. The minimum Gasteiger partial charge on any atom is -0.507 e. The number of benzene rings is 2. The van der Waals surface area contributed by atoms with Gasteiger partial charge in [0.15, 0.2) is 0 Å². The van der Waals surface area contributed by atoms with E-state index in [0.717, 1.165) is 16.7 Å². The van der Waals surface area contributed by atoms with Crippen molar-refractivity contribution in [2.75, 3.05) is 0 Å². The summed E-state index contributed by atoms with van der Waals surface area (Å²) in [6.45, 7) is 9.98. The fourth-order valence-corrected chi connectivity index (χ4v) is 2.50. The number of hydrogen-bond acceptors (Lipinski definition) is 3. The van der Waals surface area contributed by atoms with Crippen molar-refractivity contribution in [3.63, 3.8) is 0 Å². The molecule has 0 atom stereocenters. The molecule has 0 aliphatic heterocycles. The van der Waals surface area contributed by atoms with Gasteiger partial charge < -0.3 is 10.2 Å². The second kappa shape index (κ2) is 6.25. The number of halogens is 1. The molecule has 2 N–H and O–H groups in total. The molecule has 0 unspecified atom stereocenters. The zero-order chi connectivity index (χ0) is 17.4. The van der Waals surface area contributed by atoms with Crippen LogP contribution in [0.4, 0.5) is 5.69 Å². The topological polar surface area (TPSA) is 52.8 Å². The van der Waals surface area contributed by atoms with Crippen LogP contribution in [0.1, 0.15) is 43.0 Å². The number of aryl methyl sites for hydroxylation is 1. The van der Waals surface area contributed by atoms with Crippen molar-refractivity contribution in [2.24, 2.45) is 4.99 Å². The quantitative estimate of drug-likeness (QED) is 0.722. The first-order valence-electron chi connectivity index (χ1n) is 7.47. The van der Waals surface area contributed by atoms with E-state index in [2.05, 4.69) is 25.8 Å². The molecule has 0 aliphatic carbocycles. The van der Waals surface area contributed by atoms with Crippen LogP contribution in [0.3, 0.4) is 0 Å². The van der Waals surface area contributed by atoms with Gasteiger partial charge in [-0.2, -0.15) is 0 Å². The van der Waals surface area contributed by atoms with Crippen LogP contribution < -0.4 is 0 Å². The SMILES string of the molecule is Cc1cc(O)c(C=Nc2cc(C(C)(C)C)ccc2O)c(C)c1Cl. The molecule has 0 fully saturated rings. The molecule has 2 rings (SSSR count). The Morgan fingerprint density at radius 1 is 1.04 bits per heavy atom. The molecule has 4 heteroatoms. The van der Waals surface area contributed by atoms with Crippen LogP contribution in [-0.4, -0.2) is 16.4 Å². The molecular formula is C19H22ClNO2. The Balaban J connectivity index is 2.48. The van der Waals surface area contributed by atoms with Gasteiger partial charge in [0, 0.05) is 16.8 Å². The molecule has 3 nitrogen and oxygen atoms in total. The first-order valence-corrected chi connectivity index (χ1v) is 7.85. The van der Waals surface area contributed by atoms with E-state index in [1.165, 1.54) is 6.21 Å². The highest BCUT2D eigenvalue weighted by molar-refractivity contribution is 6.32. The van der Waals surface area contributed by atoms with E-state index in [9.17, 15) is 10.2 Å². The Hall–Kier alpha value is -2.00. The average Bonchev–Trinajstić information content (AvgIpc) is 2.45.